The van der Waals surface area contributed by atoms with Gasteiger partial charge in [0.2, 0.25) is 11.8 Å². The van der Waals surface area contributed by atoms with Crippen molar-refractivity contribution in [3.05, 3.63) is 0 Å². The zero-order valence-electron chi connectivity index (χ0n) is 12.5. The first-order chi connectivity index (χ1) is 10.1. The van der Waals surface area contributed by atoms with E-state index in [1.54, 1.807) is 23.6 Å². The van der Waals surface area contributed by atoms with E-state index >= 15 is 0 Å². The Kier molecular flexibility index (Phi) is 8.19. The Balaban J connectivity index is 2.15. The number of hydrogen-bond acceptors (Lipinski definition) is 4. The van der Waals surface area contributed by atoms with Gasteiger partial charge in [0.1, 0.15) is 6.04 Å². The summed E-state index contributed by atoms with van der Waals surface area (Å²) in [5, 5.41) is 11.4. The van der Waals surface area contributed by atoms with Gasteiger partial charge in [0.15, 0.2) is 0 Å². The van der Waals surface area contributed by atoms with Gasteiger partial charge < -0.3 is 15.3 Å². The van der Waals surface area contributed by atoms with Crippen molar-refractivity contribution in [2.75, 3.05) is 18.2 Å². The van der Waals surface area contributed by atoms with Gasteiger partial charge in [-0.3, -0.25) is 14.4 Å². The summed E-state index contributed by atoms with van der Waals surface area (Å²) in [5.74, 6) is 0.444. The number of carbonyl (C=O) groups is 3. The third-order valence-corrected chi connectivity index (χ3v) is 4.44. The minimum absolute atomic E-state index is 0.0221. The molecule has 1 unspecified atom stereocenters. The third kappa shape index (κ3) is 6.37. The average Bonchev–Trinajstić information content (AvgIpc) is 2.94. The molecular weight excluding hydrogens is 292 g/mol. The minimum atomic E-state index is -0.761. The van der Waals surface area contributed by atoms with E-state index in [-0.39, 0.29) is 24.3 Å². The normalized spacial score (nSPS) is 17.8. The Hall–Kier alpha value is -1.24. The summed E-state index contributed by atoms with van der Waals surface area (Å²) in [4.78, 5) is 35.8. The summed E-state index contributed by atoms with van der Waals surface area (Å²) >= 11 is 1.60. The number of thioether (sulfide) groups is 1. The first-order valence-corrected chi connectivity index (χ1v) is 8.58. The summed E-state index contributed by atoms with van der Waals surface area (Å²) in [5.41, 5.74) is 0. The molecule has 0 saturated carbocycles. The smallest absolute Gasteiger partial charge is 0.303 e. The molecule has 1 aliphatic rings. The molecule has 1 saturated heterocycles. The van der Waals surface area contributed by atoms with Gasteiger partial charge in [-0.15, -0.1) is 11.8 Å². The van der Waals surface area contributed by atoms with E-state index in [1.165, 1.54) is 0 Å². The lowest BCUT2D eigenvalue weighted by Crippen LogP contribution is -2.47. The van der Waals surface area contributed by atoms with Gasteiger partial charge in [0.05, 0.1) is 5.88 Å². The molecule has 0 aromatic carbocycles. The number of unbranched alkanes of at least 4 members (excludes halogenated alkanes) is 3. The highest BCUT2D eigenvalue weighted by Crippen LogP contribution is 2.21. The zero-order valence-corrected chi connectivity index (χ0v) is 13.3. The quantitative estimate of drug-likeness (QED) is 0.629. The molecule has 6 nitrogen and oxygen atoms in total. The van der Waals surface area contributed by atoms with Crippen LogP contribution in [0, 0.1) is 0 Å². The number of carboxylic acid groups (broad SMARTS) is 1. The molecule has 1 aliphatic heterocycles. The Morgan fingerprint density at radius 3 is 2.62 bits per heavy atom. The SMILES string of the molecule is CCC(=O)N1CSCC1C(=O)NCCCCCCC(=O)O. The molecule has 120 valence electrons. The molecule has 1 atom stereocenters. The molecular formula is C14H24N2O4S. The van der Waals surface area contributed by atoms with Gasteiger partial charge in [0.25, 0.3) is 0 Å². The fraction of sp³-hybridized carbons (Fsp3) is 0.786. The highest BCUT2D eigenvalue weighted by Gasteiger charge is 2.33. The molecule has 1 fully saturated rings. The van der Waals surface area contributed by atoms with Crippen molar-refractivity contribution in [3.63, 3.8) is 0 Å². The standard InChI is InChI=1S/C14H24N2O4S/c1-2-12(17)16-10-21-9-11(16)14(20)15-8-6-4-3-5-7-13(18)19/h11H,2-10H2,1H3,(H,15,20)(H,18,19). The number of carboxylic acids is 1. The Bertz CT molecular complexity index is 376. The van der Waals surface area contributed by atoms with E-state index in [0.717, 1.165) is 19.3 Å². The molecule has 1 heterocycles. The molecule has 0 aliphatic carbocycles. The van der Waals surface area contributed by atoms with Crippen LogP contribution < -0.4 is 5.32 Å². The van der Waals surface area contributed by atoms with Gasteiger partial charge >= 0.3 is 5.97 Å². The van der Waals surface area contributed by atoms with E-state index in [1.807, 2.05) is 0 Å². The Labute approximate surface area is 129 Å². The molecule has 0 radical (unpaired) electrons. The number of aliphatic carboxylic acids is 1. The van der Waals surface area contributed by atoms with Crippen molar-refractivity contribution in [1.29, 1.82) is 0 Å². The van der Waals surface area contributed by atoms with Crippen LogP contribution in [0.2, 0.25) is 0 Å². The molecule has 2 amide bonds. The molecule has 1 rings (SSSR count). The number of nitrogens with one attached hydrogen (secondary N) is 1. The number of hydrogen-bond donors (Lipinski definition) is 2. The highest BCUT2D eigenvalue weighted by molar-refractivity contribution is 7.99. The first kappa shape index (κ1) is 17.8. The average molecular weight is 316 g/mol. The second-order valence-corrected chi connectivity index (χ2v) is 6.08. The molecule has 0 aromatic heterocycles. The van der Waals surface area contributed by atoms with E-state index in [0.29, 0.717) is 31.0 Å². The van der Waals surface area contributed by atoms with Crippen LogP contribution in [0.5, 0.6) is 0 Å². The third-order valence-electron chi connectivity index (χ3n) is 3.42. The molecule has 0 bridgehead atoms. The van der Waals surface area contributed by atoms with Gasteiger partial charge in [-0.1, -0.05) is 19.8 Å². The van der Waals surface area contributed by atoms with Crippen molar-refractivity contribution >= 4 is 29.5 Å². The van der Waals surface area contributed by atoms with Crippen molar-refractivity contribution in [2.24, 2.45) is 0 Å². The summed E-state index contributed by atoms with van der Waals surface area (Å²) in [7, 11) is 0. The number of amides is 2. The maximum absolute atomic E-state index is 12.1. The van der Waals surface area contributed by atoms with Crippen molar-refractivity contribution in [1.82, 2.24) is 10.2 Å². The molecule has 2 N–H and O–H groups in total. The van der Waals surface area contributed by atoms with Gasteiger partial charge in [0, 0.05) is 25.1 Å². The second-order valence-electron chi connectivity index (χ2n) is 5.08. The molecule has 0 spiro atoms. The fourth-order valence-electron chi connectivity index (χ4n) is 2.19. The van der Waals surface area contributed by atoms with Crippen LogP contribution in [0.4, 0.5) is 0 Å². The predicted molar refractivity (Wildman–Crippen MR) is 82.0 cm³/mol. The zero-order chi connectivity index (χ0) is 15.7. The molecule has 0 aromatic rings. The van der Waals surface area contributed by atoms with Crippen LogP contribution in [-0.4, -0.2) is 52.0 Å². The second kappa shape index (κ2) is 9.65. The predicted octanol–water partition coefficient (Wildman–Crippen LogP) is 1.45. The molecule has 7 heteroatoms. The van der Waals surface area contributed by atoms with E-state index in [2.05, 4.69) is 5.32 Å². The van der Waals surface area contributed by atoms with Crippen molar-refractivity contribution in [3.8, 4) is 0 Å². The lowest BCUT2D eigenvalue weighted by atomic mass is 10.1. The van der Waals surface area contributed by atoms with Crippen LogP contribution in [-0.2, 0) is 14.4 Å². The maximum atomic E-state index is 12.1. The lowest BCUT2D eigenvalue weighted by Gasteiger charge is -2.22. The van der Waals surface area contributed by atoms with Crippen LogP contribution in [0.15, 0.2) is 0 Å². The van der Waals surface area contributed by atoms with Crippen LogP contribution >= 0.6 is 11.8 Å². The lowest BCUT2D eigenvalue weighted by molar-refractivity contribution is -0.137. The van der Waals surface area contributed by atoms with Crippen LogP contribution in [0.25, 0.3) is 0 Å². The van der Waals surface area contributed by atoms with Gasteiger partial charge in [-0.2, -0.15) is 0 Å². The number of carbonyl (C=O) groups excluding carboxylic acids is 2. The maximum Gasteiger partial charge on any atom is 0.303 e. The summed E-state index contributed by atoms with van der Waals surface area (Å²) in [6, 6.07) is -0.338. The summed E-state index contributed by atoms with van der Waals surface area (Å²) in [6.07, 6.45) is 3.93. The van der Waals surface area contributed by atoms with E-state index in [9.17, 15) is 14.4 Å². The summed E-state index contributed by atoms with van der Waals surface area (Å²) < 4.78 is 0. The Morgan fingerprint density at radius 1 is 1.24 bits per heavy atom. The summed E-state index contributed by atoms with van der Waals surface area (Å²) in [6.45, 7) is 2.39. The minimum Gasteiger partial charge on any atom is -0.481 e. The monoisotopic (exact) mass is 316 g/mol. The molecule has 21 heavy (non-hydrogen) atoms. The van der Waals surface area contributed by atoms with Gasteiger partial charge in [-0.25, -0.2) is 0 Å². The van der Waals surface area contributed by atoms with Crippen molar-refractivity contribution in [2.45, 2.75) is 51.5 Å². The number of nitrogens with zero attached hydrogens (tertiary/aromatic N) is 1. The Morgan fingerprint density at radius 2 is 1.95 bits per heavy atom. The van der Waals surface area contributed by atoms with Gasteiger partial charge in [-0.05, 0) is 12.8 Å². The first-order valence-electron chi connectivity index (χ1n) is 7.43. The largest absolute Gasteiger partial charge is 0.481 e. The fourth-order valence-corrected chi connectivity index (χ4v) is 3.37. The number of rotatable bonds is 9. The van der Waals surface area contributed by atoms with E-state index < -0.39 is 5.97 Å². The highest BCUT2D eigenvalue weighted by atomic mass is 32.2. The van der Waals surface area contributed by atoms with Crippen LogP contribution in [0.1, 0.15) is 45.4 Å². The van der Waals surface area contributed by atoms with Crippen LogP contribution in [0.3, 0.4) is 0 Å². The topological polar surface area (TPSA) is 86.7 Å². The van der Waals surface area contributed by atoms with E-state index in [4.69, 9.17) is 5.11 Å². The van der Waals surface area contributed by atoms with Crippen molar-refractivity contribution < 1.29 is 19.5 Å².